The molecule has 0 aliphatic carbocycles. The summed E-state index contributed by atoms with van der Waals surface area (Å²) in [4.78, 5) is 17.3. The molecule has 0 aromatic carbocycles. The van der Waals surface area contributed by atoms with Gasteiger partial charge in [-0.15, -0.1) is 0 Å². The van der Waals surface area contributed by atoms with Crippen LogP contribution in [0.25, 0.3) is 0 Å². The number of thioether (sulfide) groups is 1. The summed E-state index contributed by atoms with van der Waals surface area (Å²) in [5, 5.41) is 9.19. The second-order valence-electron chi connectivity index (χ2n) is 4.10. The molecule has 0 spiro atoms. The van der Waals surface area contributed by atoms with Crippen molar-refractivity contribution in [3.05, 3.63) is 23.9 Å². The lowest BCUT2D eigenvalue weighted by atomic mass is 10.2. The number of carbonyl (C=O) groups excluding carboxylic acids is 1. The summed E-state index contributed by atoms with van der Waals surface area (Å²) in [6.07, 6.45) is 1.29. The molecule has 1 rings (SSSR count). The number of amides is 1. The van der Waals surface area contributed by atoms with Gasteiger partial charge in [-0.1, -0.05) is 0 Å². The van der Waals surface area contributed by atoms with Gasteiger partial charge in [-0.3, -0.25) is 4.79 Å². The predicted molar refractivity (Wildman–Crippen MR) is 69.4 cm³/mol. The molecule has 1 heterocycles. The van der Waals surface area contributed by atoms with Crippen molar-refractivity contribution >= 4 is 17.7 Å². The van der Waals surface area contributed by atoms with Crippen LogP contribution in [0.5, 0.6) is 0 Å². The van der Waals surface area contributed by atoms with E-state index in [9.17, 15) is 18.7 Å². The lowest BCUT2D eigenvalue weighted by molar-refractivity contribution is 0.0764. The quantitative estimate of drug-likeness (QED) is 0.816. The largest absolute Gasteiger partial charge is 0.393 e. The topological polar surface area (TPSA) is 53.4 Å². The van der Waals surface area contributed by atoms with Gasteiger partial charge in [-0.2, -0.15) is 8.78 Å². The Balaban J connectivity index is 2.80. The van der Waals surface area contributed by atoms with Crippen molar-refractivity contribution in [2.75, 3.05) is 13.6 Å². The van der Waals surface area contributed by atoms with Crippen LogP contribution in [0.3, 0.4) is 0 Å². The number of rotatable bonds is 6. The average molecular weight is 290 g/mol. The number of hydrogen-bond acceptors (Lipinski definition) is 4. The number of pyridine rings is 1. The fourth-order valence-corrected chi connectivity index (χ4v) is 1.99. The van der Waals surface area contributed by atoms with Crippen LogP contribution in [0.1, 0.15) is 23.7 Å². The minimum atomic E-state index is -2.62. The van der Waals surface area contributed by atoms with Gasteiger partial charge < -0.3 is 10.0 Å². The number of alkyl halides is 2. The predicted octanol–water partition coefficient (Wildman–Crippen LogP) is 2.24. The van der Waals surface area contributed by atoms with Crippen molar-refractivity contribution in [1.29, 1.82) is 0 Å². The Morgan fingerprint density at radius 3 is 2.84 bits per heavy atom. The van der Waals surface area contributed by atoms with Gasteiger partial charge in [-0.25, -0.2) is 4.98 Å². The zero-order valence-electron chi connectivity index (χ0n) is 10.7. The fourth-order valence-electron chi connectivity index (χ4n) is 1.42. The van der Waals surface area contributed by atoms with Crippen molar-refractivity contribution in [3.63, 3.8) is 0 Å². The van der Waals surface area contributed by atoms with Crippen molar-refractivity contribution < 1.29 is 18.7 Å². The summed E-state index contributed by atoms with van der Waals surface area (Å²) in [7, 11) is 1.56. The van der Waals surface area contributed by atoms with Crippen molar-refractivity contribution in [2.45, 2.75) is 30.2 Å². The molecule has 1 N–H and O–H groups in total. The molecule has 0 saturated carbocycles. The van der Waals surface area contributed by atoms with Crippen LogP contribution in [0.4, 0.5) is 8.78 Å². The highest BCUT2D eigenvalue weighted by molar-refractivity contribution is 7.99. The van der Waals surface area contributed by atoms with Crippen LogP contribution in [0.15, 0.2) is 23.4 Å². The van der Waals surface area contributed by atoms with Crippen LogP contribution in [0.2, 0.25) is 0 Å². The summed E-state index contributed by atoms with van der Waals surface area (Å²) < 4.78 is 24.8. The lowest BCUT2D eigenvalue weighted by Gasteiger charge is -2.19. The number of carbonyl (C=O) groups is 1. The first-order chi connectivity index (χ1) is 8.91. The van der Waals surface area contributed by atoms with Crippen LogP contribution in [-0.4, -0.2) is 46.4 Å². The molecule has 7 heteroatoms. The highest BCUT2D eigenvalue weighted by Crippen LogP contribution is 2.26. The van der Waals surface area contributed by atoms with Crippen molar-refractivity contribution in [1.82, 2.24) is 9.88 Å². The van der Waals surface area contributed by atoms with E-state index >= 15 is 0 Å². The van der Waals surface area contributed by atoms with Gasteiger partial charge in [0.15, 0.2) is 0 Å². The molecule has 1 aromatic heterocycles. The minimum Gasteiger partial charge on any atom is -0.393 e. The molecule has 0 aliphatic heterocycles. The van der Waals surface area contributed by atoms with E-state index in [1.807, 2.05) is 0 Å². The molecule has 0 aliphatic rings. The summed E-state index contributed by atoms with van der Waals surface area (Å²) >= 11 is 0.254. The molecule has 19 heavy (non-hydrogen) atoms. The number of aliphatic hydroxyl groups excluding tert-OH is 1. The van der Waals surface area contributed by atoms with Gasteiger partial charge in [0, 0.05) is 19.8 Å². The Morgan fingerprint density at radius 1 is 1.58 bits per heavy atom. The Hall–Kier alpha value is -1.21. The molecule has 0 fully saturated rings. The van der Waals surface area contributed by atoms with Crippen LogP contribution in [-0.2, 0) is 0 Å². The number of halogens is 2. The van der Waals surface area contributed by atoms with E-state index in [2.05, 4.69) is 4.98 Å². The smallest absolute Gasteiger partial charge is 0.290 e. The normalized spacial score (nSPS) is 12.5. The van der Waals surface area contributed by atoms with Gasteiger partial charge >= 0.3 is 0 Å². The van der Waals surface area contributed by atoms with Crippen LogP contribution < -0.4 is 0 Å². The van der Waals surface area contributed by atoms with Crippen LogP contribution >= 0.6 is 11.8 Å². The maximum Gasteiger partial charge on any atom is 0.290 e. The van der Waals surface area contributed by atoms with Crippen molar-refractivity contribution in [3.8, 4) is 0 Å². The Labute approximate surface area is 114 Å². The van der Waals surface area contributed by atoms with E-state index in [0.717, 1.165) is 0 Å². The first-order valence-corrected chi connectivity index (χ1v) is 6.63. The second kappa shape index (κ2) is 7.40. The minimum absolute atomic E-state index is 0.0198. The zero-order valence-corrected chi connectivity index (χ0v) is 11.5. The fraction of sp³-hybridized carbons (Fsp3) is 0.500. The monoisotopic (exact) mass is 290 g/mol. The Morgan fingerprint density at radius 2 is 2.26 bits per heavy atom. The molecule has 0 saturated heterocycles. The third kappa shape index (κ3) is 5.12. The van der Waals surface area contributed by atoms with E-state index in [4.69, 9.17) is 0 Å². The number of nitrogens with zero attached hydrogens (tertiary/aromatic N) is 2. The third-order valence-electron chi connectivity index (χ3n) is 2.43. The average Bonchev–Trinajstić information content (AvgIpc) is 2.35. The van der Waals surface area contributed by atoms with E-state index in [1.54, 1.807) is 14.0 Å². The molecule has 1 aromatic rings. The lowest BCUT2D eigenvalue weighted by Crippen LogP contribution is -2.30. The number of aliphatic hydroxyl groups is 1. The molecule has 1 atom stereocenters. The van der Waals surface area contributed by atoms with Crippen molar-refractivity contribution in [2.24, 2.45) is 0 Å². The summed E-state index contributed by atoms with van der Waals surface area (Å²) in [6.45, 7) is 1.98. The van der Waals surface area contributed by atoms with E-state index in [0.29, 0.717) is 13.0 Å². The maximum atomic E-state index is 12.4. The van der Waals surface area contributed by atoms with Gasteiger partial charge in [0.1, 0.15) is 5.03 Å². The summed E-state index contributed by atoms with van der Waals surface area (Å²) in [6, 6.07) is 3.00. The molecule has 106 valence electrons. The molecule has 1 amide bonds. The zero-order chi connectivity index (χ0) is 14.4. The standard InChI is InChI=1S/C12H16F2N2O2S/c1-8(17)5-7-16(2)11(18)9-4-3-6-15-10(9)19-12(13)14/h3-4,6,8,12,17H,5,7H2,1-2H3. The number of aromatic nitrogens is 1. The molecule has 4 nitrogen and oxygen atoms in total. The first-order valence-electron chi connectivity index (χ1n) is 5.75. The maximum absolute atomic E-state index is 12.4. The number of hydrogen-bond donors (Lipinski definition) is 1. The first kappa shape index (κ1) is 15.8. The molecule has 0 bridgehead atoms. The molecular formula is C12H16F2N2O2S. The Bertz CT molecular complexity index is 430. The Kier molecular flexibility index (Phi) is 6.17. The molecule has 0 radical (unpaired) electrons. The van der Waals surface area contributed by atoms with E-state index in [1.165, 1.54) is 23.2 Å². The van der Waals surface area contributed by atoms with Gasteiger partial charge in [0.2, 0.25) is 0 Å². The third-order valence-corrected chi connectivity index (χ3v) is 3.16. The molecular weight excluding hydrogens is 274 g/mol. The summed E-state index contributed by atoms with van der Waals surface area (Å²) in [5.74, 6) is -3.00. The van der Waals surface area contributed by atoms with Gasteiger partial charge in [0.25, 0.3) is 11.7 Å². The molecule has 1 unspecified atom stereocenters. The SMILES string of the molecule is CC(O)CCN(C)C(=O)c1cccnc1SC(F)F. The second-order valence-corrected chi connectivity index (χ2v) is 5.08. The highest BCUT2D eigenvalue weighted by atomic mass is 32.2. The van der Waals surface area contributed by atoms with E-state index in [-0.39, 0.29) is 28.3 Å². The van der Waals surface area contributed by atoms with Crippen LogP contribution in [0, 0.1) is 0 Å². The summed E-state index contributed by atoms with van der Waals surface area (Å²) in [5.41, 5.74) is 0.154. The van der Waals surface area contributed by atoms with E-state index < -0.39 is 11.9 Å². The van der Waals surface area contributed by atoms with Gasteiger partial charge in [-0.05, 0) is 37.2 Å². The van der Waals surface area contributed by atoms with Gasteiger partial charge in [0.05, 0.1) is 11.7 Å². The highest BCUT2D eigenvalue weighted by Gasteiger charge is 2.19.